The fourth-order valence-corrected chi connectivity index (χ4v) is 3.53. The second-order valence-corrected chi connectivity index (χ2v) is 7.65. The van der Waals surface area contributed by atoms with Crippen molar-refractivity contribution in [1.82, 2.24) is 0 Å². The van der Waals surface area contributed by atoms with Gasteiger partial charge in [0.25, 0.3) is 0 Å². The molecule has 0 amide bonds. The summed E-state index contributed by atoms with van der Waals surface area (Å²) in [5.41, 5.74) is 1.69. The van der Waals surface area contributed by atoms with E-state index in [1.165, 1.54) is 0 Å². The maximum absolute atomic E-state index is 11.0. The quantitative estimate of drug-likeness (QED) is 0.519. The number of hydrogen-bond acceptors (Lipinski definition) is 3. The molecule has 0 bridgehead atoms. The minimum absolute atomic E-state index is 0.0610. The first-order valence-corrected chi connectivity index (χ1v) is 9.20. The van der Waals surface area contributed by atoms with Crippen LogP contribution in [0.25, 0.3) is 11.5 Å². The largest absolute Gasteiger partial charge is 0.507 e. The summed E-state index contributed by atoms with van der Waals surface area (Å²) in [4.78, 5) is 0. The van der Waals surface area contributed by atoms with Gasteiger partial charge in [-0.05, 0) is 48.5 Å². The van der Waals surface area contributed by atoms with Gasteiger partial charge in [0.15, 0.2) is 17.7 Å². The van der Waals surface area contributed by atoms with E-state index in [-0.39, 0.29) is 11.5 Å². The first-order chi connectivity index (χ1) is 13.3. The van der Waals surface area contributed by atoms with Crippen molar-refractivity contribution in [1.29, 1.82) is 10.5 Å². The van der Waals surface area contributed by atoms with Crippen LogP contribution in [0.2, 0.25) is 10.0 Å². The van der Waals surface area contributed by atoms with Gasteiger partial charge in [-0.1, -0.05) is 23.2 Å². The van der Waals surface area contributed by atoms with Gasteiger partial charge in [-0.2, -0.15) is 15.1 Å². The van der Waals surface area contributed by atoms with E-state index in [0.29, 0.717) is 26.9 Å². The first-order valence-electron chi connectivity index (χ1n) is 8.44. The second-order valence-electron chi connectivity index (χ2n) is 6.77. The Bertz CT molecular complexity index is 1090. The molecule has 0 saturated carbocycles. The van der Waals surface area contributed by atoms with Crippen LogP contribution in [0.15, 0.2) is 60.2 Å². The van der Waals surface area contributed by atoms with Gasteiger partial charge < -0.3 is 5.11 Å². The summed E-state index contributed by atoms with van der Waals surface area (Å²) in [6.07, 6.45) is 1.79. The van der Waals surface area contributed by atoms with Crippen molar-refractivity contribution in [2.75, 3.05) is 0 Å². The lowest BCUT2D eigenvalue weighted by atomic mass is 9.92. The van der Waals surface area contributed by atoms with Crippen LogP contribution in [0.4, 0.5) is 0 Å². The molecule has 1 aliphatic heterocycles. The number of nitriles is 2. The summed E-state index contributed by atoms with van der Waals surface area (Å²) in [7, 11) is 0. The molecule has 6 heteroatoms. The summed E-state index contributed by atoms with van der Waals surface area (Å²) in [6, 6.07) is 17.8. The highest BCUT2D eigenvalue weighted by atomic mass is 35.5. The SMILES string of the molecule is CC1(C)/C(=C(\O)c2ccc(Cl)cc2)C=C(c2ccc(Cl)cc2)[N+]1=C(C#N)C#N. The molecule has 4 nitrogen and oxygen atoms in total. The highest BCUT2D eigenvalue weighted by Crippen LogP contribution is 2.41. The van der Waals surface area contributed by atoms with Gasteiger partial charge in [0.1, 0.15) is 5.76 Å². The Morgan fingerprint density at radius 1 is 0.929 bits per heavy atom. The summed E-state index contributed by atoms with van der Waals surface area (Å²) in [5, 5.41) is 31.1. The minimum Gasteiger partial charge on any atom is -0.507 e. The number of aliphatic hydroxyl groups is 1. The second kappa shape index (κ2) is 7.52. The zero-order valence-corrected chi connectivity index (χ0v) is 16.8. The Labute approximate surface area is 173 Å². The summed E-state index contributed by atoms with van der Waals surface area (Å²) in [6.45, 7) is 3.70. The van der Waals surface area contributed by atoms with Crippen LogP contribution in [0.3, 0.4) is 0 Å². The molecule has 0 saturated heterocycles. The molecule has 0 radical (unpaired) electrons. The predicted octanol–water partition coefficient (Wildman–Crippen LogP) is 5.60. The molecule has 28 heavy (non-hydrogen) atoms. The van der Waals surface area contributed by atoms with E-state index >= 15 is 0 Å². The third-order valence-electron chi connectivity index (χ3n) is 4.69. The number of rotatable bonds is 2. The molecule has 0 aromatic heterocycles. The fourth-order valence-electron chi connectivity index (χ4n) is 3.28. The van der Waals surface area contributed by atoms with Crippen molar-refractivity contribution in [3.05, 3.63) is 81.4 Å². The lowest BCUT2D eigenvalue weighted by Crippen LogP contribution is -2.36. The van der Waals surface area contributed by atoms with E-state index in [9.17, 15) is 15.6 Å². The van der Waals surface area contributed by atoms with Crippen LogP contribution in [0.1, 0.15) is 25.0 Å². The van der Waals surface area contributed by atoms with Crippen molar-refractivity contribution < 1.29 is 9.68 Å². The molecule has 0 atom stereocenters. The molecule has 2 aromatic rings. The molecule has 2 aromatic carbocycles. The van der Waals surface area contributed by atoms with Crippen molar-refractivity contribution >= 4 is 40.4 Å². The van der Waals surface area contributed by atoms with Gasteiger partial charge in [-0.3, -0.25) is 0 Å². The van der Waals surface area contributed by atoms with Crippen molar-refractivity contribution in [3.8, 4) is 12.1 Å². The Kier molecular flexibility index (Phi) is 5.29. The molecule has 0 unspecified atom stereocenters. The molecule has 1 N–H and O–H groups in total. The van der Waals surface area contributed by atoms with Crippen LogP contribution in [-0.4, -0.2) is 20.9 Å². The molecule has 1 aliphatic rings. The van der Waals surface area contributed by atoms with Crippen molar-refractivity contribution in [2.45, 2.75) is 19.4 Å². The van der Waals surface area contributed by atoms with Crippen LogP contribution in [0, 0.1) is 22.7 Å². The van der Waals surface area contributed by atoms with E-state index in [1.54, 1.807) is 47.0 Å². The third kappa shape index (κ3) is 3.41. The minimum atomic E-state index is -0.834. The van der Waals surface area contributed by atoms with E-state index in [4.69, 9.17) is 23.2 Å². The molecule has 0 spiro atoms. The predicted molar refractivity (Wildman–Crippen MR) is 111 cm³/mol. The molecule has 1 heterocycles. The Morgan fingerprint density at radius 3 is 1.93 bits per heavy atom. The highest BCUT2D eigenvalue weighted by Gasteiger charge is 2.48. The standard InChI is InChI=1S/C22H15Cl2N3O/c1-22(2)19(21(28)15-5-9-17(24)10-6-15)11-20(27(22)18(12-25)13-26)14-3-7-16(23)8-4-14/h3-11H,1-2H3/p+1/b21-19-. The summed E-state index contributed by atoms with van der Waals surface area (Å²) >= 11 is 11.9. The Hall–Kier alpha value is -3.05. The Morgan fingerprint density at radius 2 is 1.43 bits per heavy atom. The van der Waals surface area contributed by atoms with E-state index in [1.807, 2.05) is 38.1 Å². The smallest absolute Gasteiger partial charge is 0.363 e. The maximum atomic E-state index is 11.0. The molecule has 0 aliphatic carbocycles. The fraction of sp³-hybridized carbons (Fsp3) is 0.136. The van der Waals surface area contributed by atoms with Gasteiger partial charge in [0, 0.05) is 41.1 Å². The molecular formula is C22H16Cl2N3O+. The average molecular weight is 409 g/mol. The number of benzene rings is 2. The van der Waals surface area contributed by atoms with E-state index in [2.05, 4.69) is 0 Å². The van der Waals surface area contributed by atoms with E-state index in [0.717, 1.165) is 5.56 Å². The third-order valence-corrected chi connectivity index (χ3v) is 5.19. The van der Waals surface area contributed by atoms with Crippen molar-refractivity contribution in [3.63, 3.8) is 0 Å². The van der Waals surface area contributed by atoms with Crippen molar-refractivity contribution in [2.24, 2.45) is 0 Å². The number of halogens is 2. The van der Waals surface area contributed by atoms with E-state index < -0.39 is 5.54 Å². The van der Waals surface area contributed by atoms with Gasteiger partial charge >= 0.3 is 5.71 Å². The van der Waals surface area contributed by atoms with Crippen LogP contribution in [-0.2, 0) is 0 Å². The van der Waals surface area contributed by atoms with Gasteiger partial charge in [0.05, 0.1) is 5.57 Å². The lowest BCUT2D eigenvalue weighted by molar-refractivity contribution is -0.494. The number of nitrogens with zero attached hydrogens (tertiary/aromatic N) is 3. The number of hydrogen-bond donors (Lipinski definition) is 1. The maximum Gasteiger partial charge on any atom is 0.363 e. The van der Waals surface area contributed by atoms with Gasteiger partial charge in [0.2, 0.25) is 5.70 Å². The van der Waals surface area contributed by atoms with Crippen LogP contribution < -0.4 is 0 Å². The summed E-state index contributed by atoms with van der Waals surface area (Å²) < 4.78 is 1.64. The molecule has 0 fully saturated rings. The average Bonchev–Trinajstić information content (AvgIpc) is 2.95. The lowest BCUT2D eigenvalue weighted by Gasteiger charge is -2.19. The molecule has 3 rings (SSSR count). The zero-order chi connectivity index (χ0) is 20.5. The summed E-state index contributed by atoms with van der Waals surface area (Å²) in [5.74, 6) is 0.0610. The first kappa shape index (κ1) is 19.7. The van der Waals surface area contributed by atoms with Crippen LogP contribution in [0.5, 0.6) is 0 Å². The highest BCUT2D eigenvalue weighted by molar-refractivity contribution is 6.30. The Balaban J connectivity index is 2.30. The molecular weight excluding hydrogens is 393 g/mol. The molecule has 138 valence electrons. The van der Waals surface area contributed by atoms with Crippen LogP contribution >= 0.6 is 23.2 Å². The zero-order valence-electron chi connectivity index (χ0n) is 15.2. The number of aliphatic hydroxyl groups excluding tert-OH is 1. The van der Waals surface area contributed by atoms with Gasteiger partial charge in [-0.25, -0.2) is 0 Å². The normalized spacial score (nSPS) is 16.8. The monoisotopic (exact) mass is 408 g/mol. The topological polar surface area (TPSA) is 70.8 Å². The van der Waals surface area contributed by atoms with Gasteiger partial charge in [-0.15, -0.1) is 0 Å².